The molecule has 1 unspecified atom stereocenters. The van der Waals surface area contributed by atoms with Crippen molar-refractivity contribution >= 4 is 22.4 Å². The summed E-state index contributed by atoms with van der Waals surface area (Å²) in [6.07, 6.45) is 1.93. The molecule has 2 aromatic rings. The molecule has 2 N–H and O–H groups in total. The number of carbonyl (C=O) groups is 1. The number of aromatic amines is 1. The van der Waals surface area contributed by atoms with E-state index in [0.717, 1.165) is 30.6 Å². The van der Waals surface area contributed by atoms with Crippen molar-refractivity contribution < 1.29 is 4.79 Å². The summed E-state index contributed by atoms with van der Waals surface area (Å²) in [4.78, 5) is 15.5. The molecule has 0 bridgehead atoms. The first-order valence-corrected chi connectivity index (χ1v) is 7.63. The molecule has 20 heavy (non-hydrogen) atoms. The predicted molar refractivity (Wildman–Crippen MR) is 85.6 cm³/mol. The standard InChI is InChI=1S/C15H18N2O.C2H6/c1-3-9(2)15(18)14-8-11-10-6-7-16-12(10)4-5-13(11)17-14;1-2/h4-5,8-9,16-17H,3,6-7H2,1-2H3;1-2H3. The van der Waals surface area contributed by atoms with Crippen molar-refractivity contribution in [1.82, 2.24) is 4.98 Å². The van der Waals surface area contributed by atoms with Gasteiger partial charge in [-0.15, -0.1) is 0 Å². The molecular weight excluding hydrogens is 248 g/mol. The lowest BCUT2D eigenvalue weighted by atomic mass is 10.0. The Morgan fingerprint density at radius 2 is 2.10 bits per heavy atom. The van der Waals surface area contributed by atoms with E-state index in [0.29, 0.717) is 0 Å². The third-order valence-electron chi connectivity index (χ3n) is 3.93. The van der Waals surface area contributed by atoms with Crippen molar-refractivity contribution in [1.29, 1.82) is 0 Å². The lowest BCUT2D eigenvalue weighted by Crippen LogP contribution is -2.10. The quantitative estimate of drug-likeness (QED) is 0.814. The Hall–Kier alpha value is -1.77. The maximum atomic E-state index is 12.2. The number of anilines is 1. The van der Waals surface area contributed by atoms with Gasteiger partial charge in [-0.05, 0) is 36.6 Å². The molecule has 2 heterocycles. The van der Waals surface area contributed by atoms with E-state index in [1.54, 1.807) is 0 Å². The first-order chi connectivity index (χ1) is 9.70. The molecule has 1 atom stereocenters. The van der Waals surface area contributed by atoms with E-state index in [2.05, 4.69) is 22.4 Å². The number of ketones is 1. The molecule has 0 amide bonds. The molecule has 0 radical (unpaired) electrons. The number of Topliss-reactive ketones (excluding diaryl/α,β-unsaturated/α-hetero) is 1. The normalized spacial score (nSPS) is 14.2. The number of H-pyrrole nitrogens is 1. The van der Waals surface area contributed by atoms with Crippen LogP contribution in [0, 0.1) is 5.92 Å². The first-order valence-electron chi connectivity index (χ1n) is 7.63. The average Bonchev–Trinajstić information content (AvgIpc) is 3.12. The fourth-order valence-electron chi connectivity index (χ4n) is 2.60. The molecule has 1 aliphatic rings. The summed E-state index contributed by atoms with van der Waals surface area (Å²) < 4.78 is 0. The SMILES string of the molecule is CC.CCC(C)C(=O)c1cc2c3c(ccc2[nH]1)NCC3. The van der Waals surface area contributed by atoms with Crippen molar-refractivity contribution in [2.24, 2.45) is 5.92 Å². The molecule has 0 saturated carbocycles. The van der Waals surface area contributed by atoms with E-state index < -0.39 is 0 Å². The van der Waals surface area contributed by atoms with Crippen LogP contribution >= 0.6 is 0 Å². The predicted octanol–water partition coefficient (Wildman–Crippen LogP) is 4.39. The van der Waals surface area contributed by atoms with Gasteiger partial charge in [-0.3, -0.25) is 4.79 Å². The van der Waals surface area contributed by atoms with E-state index in [1.807, 2.05) is 33.8 Å². The topological polar surface area (TPSA) is 44.9 Å². The molecule has 0 saturated heterocycles. The summed E-state index contributed by atoms with van der Waals surface area (Å²) in [6, 6.07) is 6.17. The molecule has 0 fully saturated rings. The largest absolute Gasteiger partial charge is 0.384 e. The van der Waals surface area contributed by atoms with Gasteiger partial charge in [-0.1, -0.05) is 27.7 Å². The third kappa shape index (κ3) is 2.45. The van der Waals surface area contributed by atoms with Gasteiger partial charge in [0.15, 0.2) is 5.78 Å². The van der Waals surface area contributed by atoms with Gasteiger partial charge in [0.2, 0.25) is 0 Å². The average molecular weight is 272 g/mol. The Labute approximate surface area is 120 Å². The Morgan fingerprint density at radius 1 is 1.35 bits per heavy atom. The summed E-state index contributed by atoms with van der Waals surface area (Å²) in [7, 11) is 0. The second kappa shape index (κ2) is 6.12. The molecule has 1 aliphatic heterocycles. The number of aromatic nitrogens is 1. The molecule has 3 nitrogen and oxygen atoms in total. The van der Waals surface area contributed by atoms with Crippen LogP contribution in [0.15, 0.2) is 18.2 Å². The van der Waals surface area contributed by atoms with E-state index in [9.17, 15) is 4.79 Å². The van der Waals surface area contributed by atoms with Crippen LogP contribution in [0.3, 0.4) is 0 Å². The Kier molecular flexibility index (Phi) is 4.48. The highest BCUT2D eigenvalue weighted by Crippen LogP contribution is 2.31. The minimum atomic E-state index is 0.0873. The van der Waals surface area contributed by atoms with Crippen LogP contribution in [0.4, 0.5) is 5.69 Å². The van der Waals surface area contributed by atoms with Crippen molar-refractivity contribution in [3.8, 4) is 0 Å². The van der Waals surface area contributed by atoms with Crippen LogP contribution in [-0.4, -0.2) is 17.3 Å². The van der Waals surface area contributed by atoms with Crippen LogP contribution in [0.2, 0.25) is 0 Å². The second-order valence-corrected chi connectivity index (χ2v) is 5.09. The number of carbonyl (C=O) groups excluding carboxylic acids is 1. The van der Waals surface area contributed by atoms with E-state index in [1.165, 1.54) is 16.6 Å². The fourth-order valence-corrected chi connectivity index (χ4v) is 2.60. The van der Waals surface area contributed by atoms with Gasteiger partial charge < -0.3 is 10.3 Å². The smallest absolute Gasteiger partial charge is 0.181 e. The number of rotatable bonds is 3. The van der Waals surface area contributed by atoms with Gasteiger partial charge in [-0.25, -0.2) is 0 Å². The second-order valence-electron chi connectivity index (χ2n) is 5.09. The van der Waals surface area contributed by atoms with Crippen molar-refractivity contribution in [2.45, 2.75) is 40.5 Å². The third-order valence-corrected chi connectivity index (χ3v) is 3.93. The summed E-state index contributed by atoms with van der Waals surface area (Å²) in [5.74, 6) is 0.303. The van der Waals surface area contributed by atoms with Gasteiger partial charge in [0.1, 0.15) is 0 Å². The highest BCUT2D eigenvalue weighted by molar-refractivity contribution is 6.02. The molecule has 0 spiro atoms. The minimum Gasteiger partial charge on any atom is -0.384 e. The number of nitrogens with one attached hydrogen (secondary N) is 2. The summed E-state index contributed by atoms with van der Waals surface area (Å²) in [6.45, 7) is 9.03. The molecule has 0 aliphatic carbocycles. The van der Waals surface area contributed by atoms with Crippen molar-refractivity contribution in [2.75, 3.05) is 11.9 Å². The highest BCUT2D eigenvalue weighted by Gasteiger charge is 2.19. The summed E-state index contributed by atoms with van der Waals surface area (Å²) in [5.41, 5.74) is 4.37. The Bertz CT molecular complexity index is 613. The zero-order valence-corrected chi connectivity index (χ0v) is 12.8. The highest BCUT2D eigenvalue weighted by atomic mass is 16.1. The lowest BCUT2D eigenvalue weighted by molar-refractivity contribution is 0.0923. The van der Waals surface area contributed by atoms with Gasteiger partial charge >= 0.3 is 0 Å². The first kappa shape index (κ1) is 14.6. The number of benzene rings is 1. The van der Waals surface area contributed by atoms with Crippen molar-refractivity contribution in [3.05, 3.63) is 29.5 Å². The summed E-state index contributed by atoms with van der Waals surface area (Å²) >= 11 is 0. The van der Waals surface area contributed by atoms with Gasteiger partial charge in [0, 0.05) is 29.1 Å². The van der Waals surface area contributed by atoms with Gasteiger partial charge in [-0.2, -0.15) is 0 Å². The molecular formula is C17H24N2O. The minimum absolute atomic E-state index is 0.0873. The summed E-state index contributed by atoms with van der Waals surface area (Å²) in [5, 5.41) is 4.56. The molecule has 3 heteroatoms. The van der Waals surface area contributed by atoms with Crippen LogP contribution in [-0.2, 0) is 6.42 Å². The molecule has 1 aromatic heterocycles. The zero-order chi connectivity index (χ0) is 14.7. The molecule has 108 valence electrons. The molecule has 3 rings (SSSR count). The lowest BCUT2D eigenvalue weighted by Gasteiger charge is -2.04. The number of hydrogen-bond acceptors (Lipinski definition) is 2. The fraction of sp³-hybridized carbons (Fsp3) is 0.471. The Balaban J connectivity index is 0.000000704. The van der Waals surface area contributed by atoms with Gasteiger partial charge in [0.25, 0.3) is 0 Å². The van der Waals surface area contributed by atoms with Crippen LogP contribution in [0.5, 0.6) is 0 Å². The maximum absolute atomic E-state index is 12.2. The van der Waals surface area contributed by atoms with Crippen LogP contribution in [0.1, 0.15) is 50.2 Å². The maximum Gasteiger partial charge on any atom is 0.181 e. The van der Waals surface area contributed by atoms with Gasteiger partial charge in [0.05, 0.1) is 5.69 Å². The monoisotopic (exact) mass is 272 g/mol. The Morgan fingerprint density at radius 3 is 2.80 bits per heavy atom. The van der Waals surface area contributed by atoms with E-state index in [-0.39, 0.29) is 11.7 Å². The number of hydrogen-bond donors (Lipinski definition) is 2. The van der Waals surface area contributed by atoms with Crippen LogP contribution < -0.4 is 5.32 Å². The van der Waals surface area contributed by atoms with Crippen LogP contribution in [0.25, 0.3) is 10.9 Å². The van der Waals surface area contributed by atoms with E-state index in [4.69, 9.17) is 0 Å². The zero-order valence-electron chi connectivity index (χ0n) is 12.8. The number of fused-ring (bicyclic) bond motifs is 3. The van der Waals surface area contributed by atoms with E-state index >= 15 is 0 Å². The molecule has 1 aromatic carbocycles. The van der Waals surface area contributed by atoms with Crippen molar-refractivity contribution in [3.63, 3.8) is 0 Å².